The highest BCUT2D eigenvalue weighted by Crippen LogP contribution is 2.27. The minimum Gasteiger partial charge on any atom is -0.313 e. The van der Waals surface area contributed by atoms with Crippen molar-refractivity contribution in [1.29, 1.82) is 0 Å². The van der Waals surface area contributed by atoms with Gasteiger partial charge in [0.05, 0.1) is 5.02 Å². The summed E-state index contributed by atoms with van der Waals surface area (Å²) in [4.78, 5) is 4.28. The average Bonchev–Trinajstić information content (AvgIpc) is 2.88. The summed E-state index contributed by atoms with van der Waals surface area (Å²) in [6.45, 7) is 4.09. The first kappa shape index (κ1) is 14.9. The number of likely N-dealkylation sites (N-methyl/N-ethyl adjacent to an activating group) is 1. The minimum atomic E-state index is -0.408. The number of nitrogens with one attached hydrogen (secondary N) is 1. The fourth-order valence-corrected chi connectivity index (χ4v) is 2.45. The van der Waals surface area contributed by atoms with Crippen molar-refractivity contribution in [1.82, 2.24) is 20.1 Å². The average molecular weight is 297 g/mol. The van der Waals surface area contributed by atoms with Crippen molar-refractivity contribution < 1.29 is 4.39 Å². The summed E-state index contributed by atoms with van der Waals surface area (Å²) >= 11 is 6.05. The van der Waals surface area contributed by atoms with Crippen LogP contribution in [0, 0.1) is 5.82 Å². The van der Waals surface area contributed by atoms with E-state index in [2.05, 4.69) is 15.4 Å². The van der Waals surface area contributed by atoms with E-state index in [-0.39, 0.29) is 17.1 Å². The minimum absolute atomic E-state index is 0.111. The maximum atomic E-state index is 13.6. The molecule has 1 aromatic heterocycles. The van der Waals surface area contributed by atoms with Crippen molar-refractivity contribution in [2.45, 2.75) is 32.4 Å². The maximum absolute atomic E-state index is 13.6. The van der Waals surface area contributed by atoms with Crippen LogP contribution in [0.5, 0.6) is 0 Å². The van der Waals surface area contributed by atoms with Crippen LogP contribution in [0.25, 0.3) is 0 Å². The van der Waals surface area contributed by atoms with E-state index in [1.165, 1.54) is 12.4 Å². The summed E-state index contributed by atoms with van der Waals surface area (Å²) in [6, 6.07) is 4.96. The molecule has 0 aliphatic rings. The molecule has 1 aromatic carbocycles. The van der Waals surface area contributed by atoms with Crippen molar-refractivity contribution in [3.8, 4) is 0 Å². The standard InChI is InChI=1S/C14H18ClFN4/c1-9(2)20-13(18-8-19-20)7-12(17-3)10-5-4-6-11(16)14(10)15/h4-6,8-9,12,17H,7H2,1-3H3. The Labute approximate surface area is 123 Å². The molecule has 0 fully saturated rings. The second-order valence-electron chi connectivity index (χ2n) is 4.90. The summed E-state index contributed by atoms with van der Waals surface area (Å²) in [5.41, 5.74) is 0.729. The molecule has 6 heteroatoms. The quantitative estimate of drug-likeness (QED) is 0.921. The third-order valence-corrected chi connectivity index (χ3v) is 3.63. The van der Waals surface area contributed by atoms with Crippen molar-refractivity contribution in [3.05, 3.63) is 46.8 Å². The van der Waals surface area contributed by atoms with Crippen LogP contribution in [0.3, 0.4) is 0 Å². The maximum Gasteiger partial charge on any atom is 0.142 e. The van der Waals surface area contributed by atoms with Crippen molar-refractivity contribution in [2.24, 2.45) is 0 Å². The molecule has 1 unspecified atom stereocenters. The molecule has 0 radical (unpaired) electrons. The predicted octanol–water partition coefficient (Wildman–Crippen LogP) is 3.15. The molecule has 0 amide bonds. The van der Waals surface area contributed by atoms with Crippen LogP contribution in [0.15, 0.2) is 24.5 Å². The Morgan fingerprint density at radius 3 is 2.80 bits per heavy atom. The predicted molar refractivity (Wildman–Crippen MR) is 77.3 cm³/mol. The molecule has 2 aromatic rings. The Hall–Kier alpha value is -1.46. The monoisotopic (exact) mass is 296 g/mol. The zero-order chi connectivity index (χ0) is 14.7. The third kappa shape index (κ3) is 2.99. The molecule has 108 valence electrons. The van der Waals surface area contributed by atoms with Gasteiger partial charge in [0.2, 0.25) is 0 Å². The molecule has 2 rings (SSSR count). The molecule has 1 heterocycles. The number of hydrogen-bond acceptors (Lipinski definition) is 3. The van der Waals surface area contributed by atoms with Gasteiger partial charge in [-0.3, -0.25) is 0 Å². The molecular weight excluding hydrogens is 279 g/mol. The number of rotatable bonds is 5. The fraction of sp³-hybridized carbons (Fsp3) is 0.429. The fourth-order valence-electron chi connectivity index (χ4n) is 2.19. The van der Waals surface area contributed by atoms with Gasteiger partial charge in [-0.25, -0.2) is 14.1 Å². The largest absolute Gasteiger partial charge is 0.313 e. The number of nitrogens with zero attached hydrogens (tertiary/aromatic N) is 3. The van der Waals surface area contributed by atoms with Gasteiger partial charge in [-0.1, -0.05) is 23.7 Å². The molecule has 20 heavy (non-hydrogen) atoms. The van der Waals surface area contributed by atoms with Gasteiger partial charge in [-0.05, 0) is 32.5 Å². The second-order valence-corrected chi connectivity index (χ2v) is 5.28. The first-order valence-electron chi connectivity index (χ1n) is 6.54. The van der Waals surface area contributed by atoms with Gasteiger partial charge in [0, 0.05) is 18.5 Å². The van der Waals surface area contributed by atoms with Crippen LogP contribution in [0.4, 0.5) is 4.39 Å². The topological polar surface area (TPSA) is 42.7 Å². The van der Waals surface area contributed by atoms with E-state index >= 15 is 0 Å². The zero-order valence-corrected chi connectivity index (χ0v) is 12.5. The van der Waals surface area contributed by atoms with Crippen LogP contribution in [0.2, 0.25) is 5.02 Å². The number of hydrogen-bond donors (Lipinski definition) is 1. The molecule has 4 nitrogen and oxygen atoms in total. The van der Waals surface area contributed by atoms with E-state index in [4.69, 9.17) is 11.6 Å². The summed E-state index contributed by atoms with van der Waals surface area (Å²) in [5.74, 6) is 0.439. The lowest BCUT2D eigenvalue weighted by molar-refractivity contribution is 0.477. The summed E-state index contributed by atoms with van der Waals surface area (Å²) < 4.78 is 15.4. The van der Waals surface area contributed by atoms with Gasteiger partial charge in [0.1, 0.15) is 18.0 Å². The van der Waals surface area contributed by atoms with Crippen LogP contribution in [0.1, 0.15) is 37.3 Å². The third-order valence-electron chi connectivity index (χ3n) is 3.23. The van der Waals surface area contributed by atoms with Crippen molar-refractivity contribution in [2.75, 3.05) is 7.05 Å². The Balaban J connectivity index is 2.29. The highest BCUT2D eigenvalue weighted by atomic mass is 35.5. The first-order valence-corrected chi connectivity index (χ1v) is 6.92. The van der Waals surface area contributed by atoms with Crippen LogP contribution in [-0.2, 0) is 6.42 Å². The van der Waals surface area contributed by atoms with Gasteiger partial charge in [0.25, 0.3) is 0 Å². The Morgan fingerprint density at radius 2 is 2.15 bits per heavy atom. The molecule has 0 saturated heterocycles. The lowest BCUT2D eigenvalue weighted by Gasteiger charge is -2.19. The molecule has 0 aliphatic carbocycles. The second kappa shape index (κ2) is 6.33. The van der Waals surface area contributed by atoms with E-state index < -0.39 is 5.82 Å². The Kier molecular flexibility index (Phi) is 4.73. The van der Waals surface area contributed by atoms with Crippen molar-refractivity contribution >= 4 is 11.6 Å². The number of aromatic nitrogens is 3. The molecule has 0 saturated carbocycles. The number of halogens is 2. The van der Waals surface area contributed by atoms with Gasteiger partial charge in [0.15, 0.2) is 0 Å². The van der Waals surface area contributed by atoms with Gasteiger partial charge < -0.3 is 5.32 Å². The van der Waals surface area contributed by atoms with Crippen LogP contribution < -0.4 is 5.32 Å². The van der Waals surface area contributed by atoms with E-state index in [0.717, 1.165) is 11.4 Å². The smallest absolute Gasteiger partial charge is 0.142 e. The molecule has 1 atom stereocenters. The normalized spacial score (nSPS) is 12.9. The molecular formula is C14H18ClFN4. The summed E-state index contributed by atoms with van der Waals surface area (Å²) in [6.07, 6.45) is 2.13. The molecule has 1 N–H and O–H groups in total. The molecule has 0 bridgehead atoms. The molecule has 0 spiro atoms. The van der Waals surface area contributed by atoms with E-state index in [1.54, 1.807) is 6.07 Å². The number of benzene rings is 1. The Morgan fingerprint density at radius 1 is 1.40 bits per heavy atom. The summed E-state index contributed by atoms with van der Waals surface area (Å²) in [7, 11) is 1.82. The highest BCUT2D eigenvalue weighted by Gasteiger charge is 2.19. The van der Waals surface area contributed by atoms with Gasteiger partial charge in [-0.15, -0.1) is 0 Å². The van der Waals surface area contributed by atoms with Gasteiger partial charge >= 0.3 is 0 Å². The van der Waals surface area contributed by atoms with Crippen LogP contribution in [-0.4, -0.2) is 21.8 Å². The van der Waals surface area contributed by atoms with E-state index in [1.807, 2.05) is 31.6 Å². The highest BCUT2D eigenvalue weighted by molar-refractivity contribution is 6.31. The van der Waals surface area contributed by atoms with Crippen molar-refractivity contribution in [3.63, 3.8) is 0 Å². The first-order chi connectivity index (χ1) is 9.54. The zero-order valence-electron chi connectivity index (χ0n) is 11.8. The van der Waals surface area contributed by atoms with Gasteiger partial charge in [-0.2, -0.15) is 5.10 Å². The molecule has 0 aliphatic heterocycles. The SMILES string of the molecule is CNC(Cc1ncnn1C(C)C)c1cccc(F)c1Cl. The van der Waals surface area contributed by atoms with E-state index in [0.29, 0.717) is 6.42 Å². The van der Waals surface area contributed by atoms with E-state index in [9.17, 15) is 4.39 Å². The Bertz CT molecular complexity index is 582. The lowest BCUT2D eigenvalue weighted by atomic mass is 10.0. The lowest BCUT2D eigenvalue weighted by Crippen LogP contribution is -2.22. The summed E-state index contributed by atoms with van der Waals surface area (Å²) in [5, 5.41) is 7.52. The van der Waals surface area contributed by atoms with Crippen LogP contribution >= 0.6 is 11.6 Å².